The van der Waals surface area contributed by atoms with E-state index in [9.17, 15) is 9.59 Å². The first kappa shape index (κ1) is 23.2. The normalized spacial score (nSPS) is 20.9. The first-order chi connectivity index (χ1) is 16.8. The summed E-state index contributed by atoms with van der Waals surface area (Å²) in [5, 5.41) is -0.0717. The zero-order valence-electron chi connectivity index (χ0n) is 19.2. The Bertz CT molecular complexity index is 1370. The smallest absolute Gasteiger partial charge is 0.350 e. The van der Waals surface area contributed by atoms with E-state index in [4.69, 9.17) is 21.1 Å². The van der Waals surface area contributed by atoms with Gasteiger partial charge >= 0.3 is 5.69 Å². The van der Waals surface area contributed by atoms with Crippen molar-refractivity contribution in [3.05, 3.63) is 63.1 Å². The molecule has 1 saturated carbocycles. The van der Waals surface area contributed by atoms with Crippen molar-refractivity contribution in [2.24, 2.45) is 11.7 Å². The Balaban J connectivity index is 1.51. The number of aromatic nitrogens is 2. The molecular weight excluding hydrogens is 460 g/mol. The quantitative estimate of drug-likeness (QED) is 0.486. The van der Waals surface area contributed by atoms with E-state index in [1.807, 2.05) is 18.2 Å². The lowest BCUT2D eigenvalue weighted by Crippen LogP contribution is -2.44. The van der Waals surface area contributed by atoms with Gasteiger partial charge in [0.2, 0.25) is 0 Å². The van der Waals surface area contributed by atoms with Crippen molar-refractivity contribution >= 4 is 16.6 Å². The third kappa shape index (κ3) is 3.99. The molecule has 186 valence electrons. The van der Waals surface area contributed by atoms with Crippen LogP contribution in [0.1, 0.15) is 18.9 Å². The Morgan fingerprint density at radius 3 is 2.54 bits per heavy atom. The second kappa shape index (κ2) is 8.88. The predicted octanol–water partition coefficient (Wildman–Crippen LogP) is 1.54. The average Bonchev–Trinajstić information content (AvgIpc) is 3.62. The molecule has 9 nitrogen and oxygen atoms in total. The second-order valence-corrected chi connectivity index (χ2v) is 9.07. The van der Waals surface area contributed by atoms with E-state index in [0.29, 0.717) is 10.4 Å². The zero-order valence-corrected chi connectivity index (χ0v) is 19.2. The van der Waals surface area contributed by atoms with Crippen LogP contribution in [0.3, 0.4) is 0 Å². The molecule has 1 saturated heterocycles. The number of fused-ring (bicyclic) bond motifs is 1. The van der Waals surface area contributed by atoms with Gasteiger partial charge in [-0.15, -0.1) is 0 Å². The van der Waals surface area contributed by atoms with Crippen LogP contribution in [0, 0.1) is 11.7 Å². The SMILES string of the molecule is COc1c(N2C[C@H]([C@H](N)COc3ccccc3)[C@H](F)C2)c(F)cc2c(=O)n(N)c(=O)n(C3CC3)c12. The summed E-state index contributed by atoms with van der Waals surface area (Å²) in [5.74, 6) is 4.91. The number of nitrogen functional groups attached to an aromatic ring is 1. The number of alkyl halides is 1. The largest absolute Gasteiger partial charge is 0.492 e. The third-order valence-electron chi connectivity index (χ3n) is 6.74. The summed E-state index contributed by atoms with van der Waals surface area (Å²) in [6.07, 6.45) is 0.0990. The molecule has 2 aromatic carbocycles. The van der Waals surface area contributed by atoms with E-state index < -0.39 is 35.2 Å². The Hall–Kier alpha value is -3.60. The minimum atomic E-state index is -1.34. The molecule has 3 atom stereocenters. The fourth-order valence-electron chi connectivity index (χ4n) is 4.80. The van der Waals surface area contributed by atoms with Gasteiger partial charge in [0.15, 0.2) is 11.6 Å². The molecule has 1 aliphatic carbocycles. The maximum absolute atomic E-state index is 15.4. The minimum absolute atomic E-state index is 0.00339. The fourth-order valence-corrected chi connectivity index (χ4v) is 4.80. The van der Waals surface area contributed by atoms with E-state index in [0.717, 1.165) is 18.9 Å². The summed E-state index contributed by atoms with van der Waals surface area (Å²) in [6, 6.07) is 9.30. The highest BCUT2D eigenvalue weighted by Crippen LogP contribution is 2.43. The van der Waals surface area contributed by atoms with E-state index in [2.05, 4.69) is 0 Å². The van der Waals surface area contributed by atoms with Gasteiger partial charge in [-0.05, 0) is 31.0 Å². The number of methoxy groups -OCH3 is 1. The lowest BCUT2D eigenvalue weighted by atomic mass is 9.99. The van der Waals surface area contributed by atoms with Crippen molar-refractivity contribution in [1.82, 2.24) is 9.24 Å². The van der Waals surface area contributed by atoms with Gasteiger partial charge in [-0.3, -0.25) is 9.36 Å². The number of benzene rings is 2. The number of halogens is 2. The second-order valence-electron chi connectivity index (χ2n) is 9.07. The predicted molar refractivity (Wildman–Crippen MR) is 128 cm³/mol. The molecule has 0 bridgehead atoms. The highest BCUT2D eigenvalue weighted by atomic mass is 19.1. The summed E-state index contributed by atoms with van der Waals surface area (Å²) >= 11 is 0. The van der Waals surface area contributed by atoms with Crippen molar-refractivity contribution in [2.75, 3.05) is 37.5 Å². The molecule has 3 aromatic rings. The number of nitrogens with zero attached hydrogens (tertiary/aromatic N) is 3. The van der Waals surface area contributed by atoms with Gasteiger partial charge < -0.3 is 25.9 Å². The number of rotatable bonds is 7. The third-order valence-corrected chi connectivity index (χ3v) is 6.74. The standard InChI is InChI=1S/C24H27F2N5O4/c1-34-22-20-15(23(32)31(28)24(33)30(20)13-7-8-13)9-17(25)21(22)29-10-16(18(26)11-29)19(27)12-35-14-5-3-2-4-6-14/h2-6,9,13,16,18-19H,7-8,10-12,27-28H2,1H3/t16-,18+,19+/m0/s1. The van der Waals surface area contributed by atoms with E-state index in [-0.39, 0.29) is 48.1 Å². The van der Waals surface area contributed by atoms with Crippen LogP contribution in [0.5, 0.6) is 11.5 Å². The van der Waals surface area contributed by atoms with E-state index in [1.54, 1.807) is 12.1 Å². The van der Waals surface area contributed by atoms with Gasteiger partial charge in [-0.25, -0.2) is 13.6 Å². The highest BCUT2D eigenvalue weighted by Gasteiger charge is 2.40. The van der Waals surface area contributed by atoms with Gasteiger partial charge in [-0.2, -0.15) is 4.68 Å². The molecular formula is C24H27F2N5O4. The van der Waals surface area contributed by atoms with Gasteiger partial charge in [0.25, 0.3) is 5.56 Å². The van der Waals surface area contributed by atoms with Gasteiger partial charge in [0.1, 0.15) is 29.7 Å². The van der Waals surface area contributed by atoms with Crippen LogP contribution in [0.15, 0.2) is 46.0 Å². The zero-order chi connectivity index (χ0) is 24.9. The highest BCUT2D eigenvalue weighted by molar-refractivity contribution is 5.91. The molecule has 4 N–H and O–H groups in total. The molecule has 2 heterocycles. The maximum Gasteiger partial charge on any atom is 0.350 e. The molecule has 0 amide bonds. The lowest BCUT2D eigenvalue weighted by Gasteiger charge is -2.25. The van der Waals surface area contributed by atoms with Crippen molar-refractivity contribution in [1.29, 1.82) is 0 Å². The molecule has 0 radical (unpaired) electrons. The van der Waals surface area contributed by atoms with Crippen molar-refractivity contribution < 1.29 is 18.3 Å². The number of hydrogen-bond acceptors (Lipinski definition) is 7. The number of para-hydroxylation sites is 1. The Morgan fingerprint density at radius 1 is 1.17 bits per heavy atom. The summed E-state index contributed by atoms with van der Waals surface area (Å²) < 4.78 is 43.6. The molecule has 35 heavy (non-hydrogen) atoms. The van der Waals surface area contributed by atoms with E-state index >= 15 is 8.78 Å². The van der Waals surface area contributed by atoms with Crippen LogP contribution in [0.4, 0.5) is 14.5 Å². The minimum Gasteiger partial charge on any atom is -0.492 e. The lowest BCUT2D eigenvalue weighted by molar-refractivity contribution is 0.196. The molecule has 2 aliphatic rings. The molecule has 2 fully saturated rings. The van der Waals surface area contributed by atoms with Crippen molar-refractivity contribution in [2.45, 2.75) is 31.1 Å². The first-order valence-electron chi connectivity index (χ1n) is 11.5. The van der Waals surface area contributed by atoms with Crippen LogP contribution in [-0.2, 0) is 0 Å². The molecule has 0 unspecified atom stereocenters. The Kier molecular flexibility index (Phi) is 5.87. The number of anilines is 1. The topological polar surface area (TPSA) is 118 Å². The van der Waals surface area contributed by atoms with E-state index in [1.165, 1.54) is 16.6 Å². The van der Waals surface area contributed by atoms with Gasteiger partial charge in [0, 0.05) is 31.1 Å². The molecule has 1 aliphatic heterocycles. The summed E-state index contributed by atoms with van der Waals surface area (Å²) in [7, 11) is 1.33. The number of nitrogens with two attached hydrogens (primary N) is 2. The van der Waals surface area contributed by atoms with Crippen molar-refractivity contribution in [3.8, 4) is 11.5 Å². The van der Waals surface area contributed by atoms with Crippen LogP contribution in [0.25, 0.3) is 10.9 Å². The average molecular weight is 488 g/mol. The van der Waals surface area contributed by atoms with Crippen LogP contribution >= 0.6 is 0 Å². The maximum atomic E-state index is 15.4. The monoisotopic (exact) mass is 487 g/mol. The summed E-state index contributed by atoms with van der Waals surface area (Å²) in [5.41, 5.74) is 4.89. The van der Waals surface area contributed by atoms with Crippen LogP contribution in [0.2, 0.25) is 0 Å². The molecule has 5 rings (SSSR count). The summed E-state index contributed by atoms with van der Waals surface area (Å²) in [4.78, 5) is 27.0. The summed E-state index contributed by atoms with van der Waals surface area (Å²) in [6.45, 7) is 0.0858. The molecule has 1 aromatic heterocycles. The van der Waals surface area contributed by atoms with Gasteiger partial charge in [0.05, 0.1) is 12.5 Å². The first-order valence-corrected chi connectivity index (χ1v) is 11.5. The van der Waals surface area contributed by atoms with Crippen molar-refractivity contribution in [3.63, 3.8) is 0 Å². The molecule has 11 heteroatoms. The number of hydrogen-bond donors (Lipinski definition) is 2. The molecule has 0 spiro atoms. The number of ether oxygens (including phenoxy) is 2. The Labute approximate surface area is 199 Å². The fraction of sp³-hybridized carbons (Fsp3) is 0.417. The Morgan fingerprint density at radius 2 is 1.89 bits per heavy atom. The van der Waals surface area contributed by atoms with Gasteiger partial charge in [-0.1, -0.05) is 18.2 Å². The van der Waals surface area contributed by atoms with Crippen LogP contribution < -0.4 is 37.2 Å². The van der Waals surface area contributed by atoms with Crippen LogP contribution in [-0.4, -0.2) is 48.3 Å².